The van der Waals surface area contributed by atoms with Gasteiger partial charge in [0.1, 0.15) is 0 Å². The van der Waals surface area contributed by atoms with E-state index in [0.29, 0.717) is 6.04 Å². The minimum atomic E-state index is 0.674. The van der Waals surface area contributed by atoms with Gasteiger partial charge in [0.25, 0.3) is 0 Å². The molecular formula is C16H27NO. The maximum atomic E-state index is 5.66. The number of allylic oxidation sites excluding steroid dienone is 2. The second-order valence-corrected chi connectivity index (χ2v) is 6.56. The van der Waals surface area contributed by atoms with Gasteiger partial charge in [0, 0.05) is 19.3 Å². The molecule has 18 heavy (non-hydrogen) atoms. The number of hydrogen-bond acceptors (Lipinski definition) is 2. The van der Waals surface area contributed by atoms with Gasteiger partial charge in [0.05, 0.1) is 0 Å². The Morgan fingerprint density at radius 1 is 1.28 bits per heavy atom. The second-order valence-electron chi connectivity index (χ2n) is 6.56. The molecule has 2 bridgehead atoms. The Labute approximate surface area is 111 Å². The first kappa shape index (κ1) is 12.7. The van der Waals surface area contributed by atoms with Crippen LogP contribution in [0.1, 0.15) is 39.0 Å². The molecule has 0 amide bonds. The summed E-state index contributed by atoms with van der Waals surface area (Å²) in [5, 5.41) is 3.70. The van der Waals surface area contributed by atoms with Gasteiger partial charge in [-0.25, -0.2) is 0 Å². The molecule has 0 spiro atoms. The Hall–Kier alpha value is -0.340. The Bertz CT molecular complexity index is 297. The molecule has 0 aromatic heterocycles. The first-order chi connectivity index (χ1) is 8.83. The van der Waals surface area contributed by atoms with Gasteiger partial charge in [-0.1, -0.05) is 12.2 Å². The van der Waals surface area contributed by atoms with Crippen molar-refractivity contribution in [1.29, 1.82) is 0 Å². The molecule has 0 heterocycles. The van der Waals surface area contributed by atoms with Crippen molar-refractivity contribution in [2.45, 2.75) is 45.1 Å². The fourth-order valence-corrected chi connectivity index (χ4v) is 3.59. The molecule has 2 heteroatoms. The monoisotopic (exact) mass is 249 g/mol. The standard InChI is InChI=1S/C16H27NO/c1-12(16-10-14-5-6-15(16)9-14)17-7-2-8-18-11-13-3-4-13/h5-6,12-17H,2-4,7-11H2,1H3. The molecule has 4 atom stereocenters. The number of hydrogen-bond donors (Lipinski definition) is 1. The highest BCUT2D eigenvalue weighted by molar-refractivity contribution is 5.11. The first-order valence-corrected chi connectivity index (χ1v) is 7.82. The molecular weight excluding hydrogens is 222 g/mol. The summed E-state index contributed by atoms with van der Waals surface area (Å²) < 4.78 is 5.66. The molecule has 0 aromatic carbocycles. The third-order valence-corrected chi connectivity index (χ3v) is 4.95. The van der Waals surface area contributed by atoms with Gasteiger partial charge >= 0.3 is 0 Å². The Balaban J connectivity index is 1.25. The highest BCUT2D eigenvalue weighted by Crippen LogP contribution is 2.44. The minimum absolute atomic E-state index is 0.674. The van der Waals surface area contributed by atoms with Gasteiger partial charge in [0.15, 0.2) is 0 Å². The second kappa shape index (κ2) is 5.75. The molecule has 3 aliphatic rings. The van der Waals surface area contributed by atoms with Crippen molar-refractivity contribution in [1.82, 2.24) is 5.32 Å². The maximum Gasteiger partial charge on any atom is 0.0494 e. The summed E-state index contributed by atoms with van der Waals surface area (Å²) in [6.07, 6.45) is 11.7. The zero-order valence-electron chi connectivity index (χ0n) is 11.6. The predicted molar refractivity (Wildman–Crippen MR) is 74.5 cm³/mol. The quantitative estimate of drug-likeness (QED) is 0.527. The summed E-state index contributed by atoms with van der Waals surface area (Å²) in [7, 11) is 0. The Morgan fingerprint density at radius 3 is 2.83 bits per heavy atom. The SMILES string of the molecule is CC(NCCCOCC1CC1)C1CC2C=CC1C2. The molecule has 2 fully saturated rings. The van der Waals surface area contributed by atoms with Gasteiger partial charge < -0.3 is 10.1 Å². The third kappa shape index (κ3) is 3.16. The minimum Gasteiger partial charge on any atom is -0.381 e. The normalized spacial score (nSPS) is 35.3. The van der Waals surface area contributed by atoms with Crippen LogP contribution in [0.5, 0.6) is 0 Å². The van der Waals surface area contributed by atoms with Crippen LogP contribution in [-0.4, -0.2) is 25.8 Å². The van der Waals surface area contributed by atoms with Crippen molar-refractivity contribution >= 4 is 0 Å². The van der Waals surface area contributed by atoms with E-state index in [1.165, 1.54) is 25.7 Å². The lowest BCUT2D eigenvalue weighted by molar-refractivity contribution is 0.121. The van der Waals surface area contributed by atoms with E-state index >= 15 is 0 Å². The van der Waals surface area contributed by atoms with E-state index in [1.54, 1.807) is 0 Å². The zero-order valence-corrected chi connectivity index (χ0v) is 11.6. The van der Waals surface area contributed by atoms with Crippen LogP contribution in [0.15, 0.2) is 12.2 Å². The van der Waals surface area contributed by atoms with Gasteiger partial charge in [0.2, 0.25) is 0 Å². The van der Waals surface area contributed by atoms with Crippen molar-refractivity contribution < 1.29 is 4.74 Å². The van der Waals surface area contributed by atoms with Gasteiger partial charge in [-0.2, -0.15) is 0 Å². The lowest BCUT2D eigenvalue weighted by Crippen LogP contribution is -2.36. The molecule has 1 N–H and O–H groups in total. The molecule has 0 radical (unpaired) electrons. The van der Waals surface area contributed by atoms with E-state index in [0.717, 1.165) is 49.9 Å². The molecule has 0 aromatic rings. The lowest BCUT2D eigenvalue weighted by atomic mass is 9.87. The molecule has 2 nitrogen and oxygen atoms in total. The zero-order chi connectivity index (χ0) is 12.4. The topological polar surface area (TPSA) is 21.3 Å². The van der Waals surface area contributed by atoms with E-state index in [-0.39, 0.29) is 0 Å². The fourth-order valence-electron chi connectivity index (χ4n) is 3.59. The van der Waals surface area contributed by atoms with E-state index in [9.17, 15) is 0 Å². The first-order valence-electron chi connectivity index (χ1n) is 7.82. The van der Waals surface area contributed by atoms with Crippen LogP contribution in [0.25, 0.3) is 0 Å². The van der Waals surface area contributed by atoms with Gasteiger partial charge in [-0.3, -0.25) is 0 Å². The number of nitrogens with one attached hydrogen (secondary N) is 1. The van der Waals surface area contributed by atoms with E-state index < -0.39 is 0 Å². The maximum absolute atomic E-state index is 5.66. The van der Waals surface area contributed by atoms with Crippen molar-refractivity contribution in [3.05, 3.63) is 12.2 Å². The predicted octanol–water partition coefficient (Wildman–Crippen LogP) is 2.99. The average molecular weight is 249 g/mol. The van der Waals surface area contributed by atoms with Gasteiger partial charge in [-0.15, -0.1) is 0 Å². The fraction of sp³-hybridized carbons (Fsp3) is 0.875. The van der Waals surface area contributed by atoms with Gasteiger partial charge in [-0.05, 0) is 69.2 Å². The molecule has 0 aliphatic heterocycles. The largest absolute Gasteiger partial charge is 0.381 e. The smallest absolute Gasteiger partial charge is 0.0494 e. The Kier molecular flexibility index (Phi) is 4.05. The van der Waals surface area contributed by atoms with Crippen LogP contribution in [0.2, 0.25) is 0 Å². The van der Waals surface area contributed by atoms with Crippen LogP contribution < -0.4 is 5.32 Å². The summed E-state index contributed by atoms with van der Waals surface area (Å²) in [5.74, 6) is 3.54. The van der Waals surface area contributed by atoms with Crippen LogP contribution in [-0.2, 0) is 4.74 Å². The molecule has 4 unspecified atom stereocenters. The van der Waals surface area contributed by atoms with Crippen molar-refractivity contribution in [2.24, 2.45) is 23.7 Å². The third-order valence-electron chi connectivity index (χ3n) is 4.95. The van der Waals surface area contributed by atoms with E-state index in [4.69, 9.17) is 4.74 Å². The van der Waals surface area contributed by atoms with Crippen LogP contribution in [0.4, 0.5) is 0 Å². The molecule has 0 saturated heterocycles. The summed E-state index contributed by atoms with van der Waals surface area (Å²) in [6, 6.07) is 0.674. The number of fused-ring (bicyclic) bond motifs is 2. The Morgan fingerprint density at radius 2 is 2.17 bits per heavy atom. The highest BCUT2D eigenvalue weighted by Gasteiger charge is 2.38. The molecule has 102 valence electrons. The molecule has 3 rings (SSSR count). The van der Waals surface area contributed by atoms with Crippen LogP contribution in [0.3, 0.4) is 0 Å². The van der Waals surface area contributed by atoms with Crippen molar-refractivity contribution in [3.63, 3.8) is 0 Å². The highest BCUT2D eigenvalue weighted by atomic mass is 16.5. The molecule has 2 saturated carbocycles. The average Bonchev–Trinajstić information content (AvgIpc) is 2.96. The number of ether oxygens (including phenoxy) is 1. The van der Waals surface area contributed by atoms with E-state index in [2.05, 4.69) is 24.4 Å². The van der Waals surface area contributed by atoms with E-state index in [1.807, 2.05) is 0 Å². The summed E-state index contributed by atoms with van der Waals surface area (Å²) >= 11 is 0. The summed E-state index contributed by atoms with van der Waals surface area (Å²) in [4.78, 5) is 0. The van der Waals surface area contributed by atoms with Crippen LogP contribution in [0, 0.1) is 23.7 Å². The summed E-state index contributed by atoms with van der Waals surface area (Å²) in [6.45, 7) is 5.42. The van der Waals surface area contributed by atoms with Crippen molar-refractivity contribution in [2.75, 3.05) is 19.8 Å². The lowest BCUT2D eigenvalue weighted by Gasteiger charge is -2.26. The van der Waals surface area contributed by atoms with Crippen molar-refractivity contribution in [3.8, 4) is 0 Å². The molecule has 3 aliphatic carbocycles. The number of rotatable bonds is 8. The van der Waals surface area contributed by atoms with Crippen LogP contribution >= 0.6 is 0 Å². The summed E-state index contributed by atoms with van der Waals surface area (Å²) in [5.41, 5.74) is 0.